The summed E-state index contributed by atoms with van der Waals surface area (Å²) in [7, 11) is 0. The van der Waals surface area contributed by atoms with Crippen LogP contribution in [-0.2, 0) is 4.79 Å². The molecule has 1 N–H and O–H groups in total. The summed E-state index contributed by atoms with van der Waals surface area (Å²) in [6.07, 6.45) is 9.37. The Morgan fingerprint density at radius 3 is 2.26 bits per heavy atom. The summed E-state index contributed by atoms with van der Waals surface area (Å²) >= 11 is 0. The Morgan fingerprint density at radius 2 is 1.89 bits per heavy atom. The van der Waals surface area contributed by atoms with Gasteiger partial charge in [-0.1, -0.05) is 39.0 Å². The molecule has 27 heavy (non-hydrogen) atoms. The minimum atomic E-state index is -0.623. The van der Waals surface area contributed by atoms with E-state index in [0.29, 0.717) is 12.0 Å². The smallest absolute Gasteiger partial charge is 0.122 e. The van der Waals surface area contributed by atoms with E-state index in [1.807, 2.05) is 32.9 Å². The van der Waals surface area contributed by atoms with Crippen molar-refractivity contribution in [3.63, 3.8) is 0 Å². The minimum absolute atomic E-state index is 0.326. The second-order valence-corrected chi connectivity index (χ2v) is 8.01. The molecule has 2 aliphatic carbocycles. The number of carbonyl (C=O) groups is 1. The summed E-state index contributed by atoms with van der Waals surface area (Å²) in [5.74, 6) is 1.06. The SMILES string of the molecule is CC(C)=Nc1ccc(C#N)cc1C.CC1CCC1.O=CCC1(O)CCCC1. The first-order chi connectivity index (χ1) is 12.8. The van der Waals surface area contributed by atoms with Crippen LogP contribution in [0.25, 0.3) is 0 Å². The zero-order valence-corrected chi connectivity index (χ0v) is 17.3. The fourth-order valence-electron chi connectivity index (χ4n) is 3.10. The van der Waals surface area contributed by atoms with E-state index in [2.05, 4.69) is 18.0 Å². The zero-order chi connectivity index (χ0) is 20.3. The number of aliphatic hydroxyl groups is 1. The topological polar surface area (TPSA) is 73.5 Å². The van der Waals surface area contributed by atoms with Crippen molar-refractivity contribution in [1.82, 2.24) is 0 Å². The maximum absolute atomic E-state index is 10.0. The Bertz CT molecular complexity index is 659. The van der Waals surface area contributed by atoms with E-state index in [9.17, 15) is 9.90 Å². The number of carbonyl (C=O) groups excluding carboxylic acids is 1. The summed E-state index contributed by atoms with van der Waals surface area (Å²) < 4.78 is 0. The lowest BCUT2D eigenvalue weighted by atomic mass is 9.88. The number of hydrogen-bond donors (Lipinski definition) is 1. The Labute approximate surface area is 164 Å². The van der Waals surface area contributed by atoms with Crippen LogP contribution in [0.1, 0.15) is 83.3 Å². The van der Waals surface area contributed by atoms with Crippen LogP contribution in [0.2, 0.25) is 0 Å². The van der Waals surface area contributed by atoms with Crippen LogP contribution in [-0.4, -0.2) is 22.7 Å². The van der Waals surface area contributed by atoms with Crippen LogP contribution in [0.3, 0.4) is 0 Å². The molecule has 0 amide bonds. The van der Waals surface area contributed by atoms with Crippen molar-refractivity contribution in [2.45, 2.75) is 84.7 Å². The fourth-order valence-corrected chi connectivity index (χ4v) is 3.10. The molecule has 148 valence electrons. The molecule has 0 atom stereocenters. The lowest BCUT2D eigenvalue weighted by Crippen LogP contribution is -2.23. The van der Waals surface area contributed by atoms with E-state index in [1.54, 1.807) is 6.07 Å². The number of nitriles is 1. The van der Waals surface area contributed by atoms with Crippen LogP contribution in [0.4, 0.5) is 5.69 Å². The number of hydrogen-bond acceptors (Lipinski definition) is 4. The van der Waals surface area contributed by atoms with Crippen molar-refractivity contribution in [3.8, 4) is 6.07 Å². The van der Waals surface area contributed by atoms with E-state index in [0.717, 1.165) is 54.8 Å². The van der Waals surface area contributed by atoms with Gasteiger partial charge in [-0.15, -0.1) is 0 Å². The Hall–Kier alpha value is -1.99. The van der Waals surface area contributed by atoms with Gasteiger partial charge in [0.05, 0.1) is 22.9 Å². The molecular weight excluding hydrogens is 336 g/mol. The van der Waals surface area contributed by atoms with E-state index >= 15 is 0 Å². The third-order valence-electron chi connectivity index (χ3n) is 5.06. The van der Waals surface area contributed by atoms with Gasteiger partial charge in [-0.2, -0.15) is 5.26 Å². The molecule has 0 unspecified atom stereocenters. The third-order valence-corrected chi connectivity index (χ3v) is 5.06. The molecule has 0 spiro atoms. The quantitative estimate of drug-likeness (QED) is 0.550. The van der Waals surface area contributed by atoms with Gasteiger partial charge in [-0.25, -0.2) is 0 Å². The van der Waals surface area contributed by atoms with Gasteiger partial charge in [0.25, 0.3) is 0 Å². The fraction of sp³-hybridized carbons (Fsp3) is 0.609. The molecule has 4 nitrogen and oxygen atoms in total. The second kappa shape index (κ2) is 11.7. The molecule has 1 aromatic carbocycles. The van der Waals surface area contributed by atoms with Gasteiger partial charge < -0.3 is 9.90 Å². The van der Waals surface area contributed by atoms with Gasteiger partial charge in [-0.05, 0) is 63.3 Å². The average Bonchev–Trinajstić information content (AvgIpc) is 3.02. The molecule has 4 heteroatoms. The Kier molecular flexibility index (Phi) is 9.96. The van der Waals surface area contributed by atoms with Gasteiger partial charge in [0.2, 0.25) is 0 Å². The highest BCUT2D eigenvalue weighted by Crippen LogP contribution is 2.31. The predicted octanol–water partition coefficient (Wildman–Crippen LogP) is 5.67. The molecule has 3 rings (SSSR count). The van der Waals surface area contributed by atoms with E-state index < -0.39 is 5.60 Å². The molecule has 2 saturated carbocycles. The van der Waals surface area contributed by atoms with Crippen molar-refractivity contribution >= 4 is 17.7 Å². The third kappa shape index (κ3) is 8.97. The first-order valence-electron chi connectivity index (χ1n) is 9.98. The molecule has 0 radical (unpaired) electrons. The maximum atomic E-state index is 10.0. The summed E-state index contributed by atoms with van der Waals surface area (Å²) in [6.45, 7) is 8.18. The normalized spacial score (nSPS) is 17.2. The lowest BCUT2D eigenvalue weighted by Gasteiger charge is -2.18. The van der Waals surface area contributed by atoms with Crippen molar-refractivity contribution in [3.05, 3.63) is 29.3 Å². The number of aldehydes is 1. The molecular formula is C23H34N2O2. The predicted molar refractivity (Wildman–Crippen MR) is 111 cm³/mol. The maximum Gasteiger partial charge on any atom is 0.122 e. The van der Waals surface area contributed by atoms with Crippen molar-refractivity contribution in [1.29, 1.82) is 5.26 Å². The van der Waals surface area contributed by atoms with Crippen LogP contribution < -0.4 is 0 Å². The number of aryl methyl sites for hydroxylation is 1. The molecule has 2 aliphatic rings. The standard InChI is InChI=1S/C11H12N2.C7H12O2.C5H10/c1-8(2)13-11-5-4-10(7-12)6-9(11)3;8-6-5-7(9)3-1-2-4-7;1-5-3-2-4-5/h4-6H,1-3H3;6,9H,1-5H2;5H,2-4H2,1H3. The second-order valence-electron chi connectivity index (χ2n) is 8.01. The highest BCUT2D eigenvalue weighted by molar-refractivity contribution is 5.82. The molecule has 0 saturated heterocycles. The molecule has 0 heterocycles. The van der Waals surface area contributed by atoms with E-state index in [4.69, 9.17) is 5.26 Å². The summed E-state index contributed by atoms with van der Waals surface area (Å²) in [5.41, 5.74) is 3.07. The highest BCUT2D eigenvalue weighted by Gasteiger charge is 2.29. The first kappa shape index (κ1) is 23.0. The molecule has 2 fully saturated rings. The van der Waals surface area contributed by atoms with Gasteiger partial charge in [0.15, 0.2) is 0 Å². The van der Waals surface area contributed by atoms with Crippen molar-refractivity contribution < 1.29 is 9.90 Å². The summed E-state index contributed by atoms with van der Waals surface area (Å²) in [4.78, 5) is 14.3. The van der Waals surface area contributed by atoms with Gasteiger partial charge >= 0.3 is 0 Å². The Morgan fingerprint density at radius 1 is 1.30 bits per heavy atom. The number of aliphatic imine (C=N–C) groups is 1. The van der Waals surface area contributed by atoms with Gasteiger partial charge in [-0.3, -0.25) is 4.99 Å². The largest absolute Gasteiger partial charge is 0.389 e. The summed E-state index contributed by atoms with van der Waals surface area (Å²) in [6, 6.07) is 7.61. The van der Waals surface area contributed by atoms with E-state index in [1.165, 1.54) is 19.3 Å². The van der Waals surface area contributed by atoms with Crippen LogP contribution >= 0.6 is 0 Å². The lowest BCUT2D eigenvalue weighted by molar-refractivity contribution is -0.112. The highest BCUT2D eigenvalue weighted by atomic mass is 16.3. The number of benzene rings is 1. The number of rotatable bonds is 3. The molecule has 0 aromatic heterocycles. The van der Waals surface area contributed by atoms with E-state index in [-0.39, 0.29) is 0 Å². The molecule has 0 bridgehead atoms. The van der Waals surface area contributed by atoms with Crippen molar-refractivity contribution in [2.24, 2.45) is 10.9 Å². The average molecular weight is 371 g/mol. The number of nitrogens with zero attached hydrogens (tertiary/aromatic N) is 2. The van der Waals surface area contributed by atoms with Crippen LogP contribution in [0.15, 0.2) is 23.2 Å². The summed E-state index contributed by atoms with van der Waals surface area (Å²) in [5, 5.41) is 18.1. The molecule has 1 aromatic rings. The monoisotopic (exact) mass is 370 g/mol. The first-order valence-corrected chi connectivity index (χ1v) is 9.98. The minimum Gasteiger partial charge on any atom is -0.389 e. The van der Waals surface area contributed by atoms with Crippen molar-refractivity contribution in [2.75, 3.05) is 0 Å². The van der Waals surface area contributed by atoms with Gasteiger partial charge in [0, 0.05) is 12.1 Å². The van der Waals surface area contributed by atoms with Gasteiger partial charge in [0.1, 0.15) is 6.29 Å². The van der Waals surface area contributed by atoms with Crippen LogP contribution in [0, 0.1) is 24.2 Å². The zero-order valence-electron chi connectivity index (χ0n) is 17.3. The molecule has 0 aliphatic heterocycles. The van der Waals surface area contributed by atoms with Crippen LogP contribution in [0.5, 0.6) is 0 Å². The Balaban J connectivity index is 0.000000224.